The first-order valence-corrected chi connectivity index (χ1v) is 13.1. The van der Waals surface area contributed by atoms with Crippen molar-refractivity contribution >= 4 is 49.4 Å². The summed E-state index contributed by atoms with van der Waals surface area (Å²) in [6.45, 7) is 4.79. The van der Waals surface area contributed by atoms with Gasteiger partial charge >= 0.3 is 0 Å². The summed E-state index contributed by atoms with van der Waals surface area (Å²) in [4.78, 5) is 14.2. The summed E-state index contributed by atoms with van der Waals surface area (Å²) in [6.07, 6.45) is 2.02. The third kappa shape index (κ3) is 4.07. The number of sulfonamides is 1. The van der Waals surface area contributed by atoms with Gasteiger partial charge in [0.1, 0.15) is 11.6 Å². The fourth-order valence-corrected chi connectivity index (χ4v) is 5.29. The van der Waals surface area contributed by atoms with Crippen LogP contribution in [0.4, 0.5) is 0 Å². The number of hydrogen-bond acceptors (Lipinski definition) is 7. The summed E-state index contributed by atoms with van der Waals surface area (Å²) < 4.78 is 27.5. The minimum absolute atomic E-state index is 0.0605. The Morgan fingerprint density at radius 1 is 1.06 bits per heavy atom. The quantitative estimate of drug-likeness (QED) is 0.278. The van der Waals surface area contributed by atoms with Crippen LogP contribution in [0.3, 0.4) is 0 Å². The molecule has 2 aromatic carbocycles. The molecule has 0 aliphatic rings. The zero-order chi connectivity index (χ0) is 23.2. The number of unbranched alkanes of at least 4 members (excludes halogenated alkanes) is 1. The minimum Gasteiger partial charge on any atom is -0.327 e. The van der Waals surface area contributed by atoms with Gasteiger partial charge in [0.25, 0.3) is 0 Å². The highest BCUT2D eigenvalue weighted by Crippen LogP contribution is 2.28. The van der Waals surface area contributed by atoms with Crippen LogP contribution in [-0.4, -0.2) is 37.6 Å². The highest BCUT2D eigenvalue weighted by molar-refractivity contribution is 7.98. The Bertz CT molecular complexity index is 1610. The van der Waals surface area contributed by atoms with Crippen molar-refractivity contribution in [1.29, 1.82) is 0 Å². The molecule has 170 valence electrons. The average molecular weight is 482 g/mol. The van der Waals surface area contributed by atoms with E-state index in [0.29, 0.717) is 17.1 Å². The summed E-state index contributed by atoms with van der Waals surface area (Å²) in [5.74, 6) is 2.07. The first-order valence-electron chi connectivity index (χ1n) is 10.6. The van der Waals surface area contributed by atoms with Crippen molar-refractivity contribution in [3.63, 3.8) is 0 Å². The van der Waals surface area contributed by atoms with Crippen LogP contribution in [0.1, 0.15) is 31.4 Å². The van der Waals surface area contributed by atoms with Gasteiger partial charge in [-0.25, -0.2) is 28.5 Å². The lowest BCUT2D eigenvalue weighted by Crippen LogP contribution is -2.11. The number of rotatable bonds is 7. The molecule has 3 heterocycles. The number of fused-ring (bicyclic) bond motifs is 4. The average Bonchev–Trinajstić information content (AvgIpc) is 3.35. The van der Waals surface area contributed by atoms with Crippen molar-refractivity contribution in [3.8, 4) is 0 Å². The maximum absolute atomic E-state index is 11.8. The Morgan fingerprint density at radius 3 is 2.67 bits per heavy atom. The summed E-state index contributed by atoms with van der Waals surface area (Å²) in [7, 11) is -3.80. The topological polar surface area (TPSA) is 121 Å². The van der Waals surface area contributed by atoms with Crippen LogP contribution in [0.5, 0.6) is 0 Å². The van der Waals surface area contributed by atoms with E-state index < -0.39 is 10.0 Å². The van der Waals surface area contributed by atoms with E-state index in [1.54, 1.807) is 10.6 Å². The van der Waals surface area contributed by atoms with E-state index in [1.165, 1.54) is 23.9 Å². The number of nitrogens with zero attached hydrogens (tertiary/aromatic N) is 6. The first-order chi connectivity index (χ1) is 15.8. The molecule has 3 aromatic heterocycles. The summed E-state index contributed by atoms with van der Waals surface area (Å²) >= 11 is 1.53. The number of para-hydroxylation sites is 1. The van der Waals surface area contributed by atoms with Gasteiger partial charge in [-0.2, -0.15) is 4.52 Å². The van der Waals surface area contributed by atoms with Gasteiger partial charge in [-0.3, -0.25) is 0 Å². The smallest absolute Gasteiger partial charge is 0.238 e. The molecular weight excluding hydrogens is 458 g/mol. The molecule has 0 fully saturated rings. The van der Waals surface area contributed by atoms with E-state index in [0.717, 1.165) is 52.4 Å². The van der Waals surface area contributed by atoms with Gasteiger partial charge in [0.2, 0.25) is 10.0 Å². The molecule has 9 nitrogen and oxygen atoms in total. The number of aryl methyl sites for hydroxylation is 2. The maximum Gasteiger partial charge on any atom is 0.238 e. The van der Waals surface area contributed by atoms with Crippen molar-refractivity contribution in [2.75, 3.05) is 0 Å². The van der Waals surface area contributed by atoms with Gasteiger partial charge in [-0.05, 0) is 43.7 Å². The van der Waals surface area contributed by atoms with Crippen molar-refractivity contribution in [1.82, 2.24) is 29.1 Å². The SMILES string of the molecule is CCCCn1c(CSc2nc3ccccc3c3nc(C)nn23)nc2cc(S(N)(=O)=O)ccc21. The first kappa shape index (κ1) is 21.8. The summed E-state index contributed by atoms with van der Waals surface area (Å²) in [5, 5.41) is 11.5. The molecule has 0 bridgehead atoms. The summed E-state index contributed by atoms with van der Waals surface area (Å²) in [5.41, 5.74) is 3.14. The Balaban J connectivity index is 1.56. The molecule has 2 N–H and O–H groups in total. The molecule has 0 amide bonds. The van der Waals surface area contributed by atoms with Crippen LogP contribution in [0.25, 0.3) is 27.6 Å². The molecule has 0 atom stereocenters. The monoisotopic (exact) mass is 481 g/mol. The van der Waals surface area contributed by atoms with E-state index in [1.807, 2.05) is 31.2 Å². The highest BCUT2D eigenvalue weighted by atomic mass is 32.2. The van der Waals surface area contributed by atoms with Gasteiger partial charge < -0.3 is 4.57 Å². The molecule has 11 heteroatoms. The van der Waals surface area contributed by atoms with Crippen LogP contribution in [0.15, 0.2) is 52.5 Å². The van der Waals surface area contributed by atoms with Crippen LogP contribution < -0.4 is 5.14 Å². The fraction of sp³-hybridized carbons (Fsp3) is 0.273. The van der Waals surface area contributed by atoms with Crippen molar-refractivity contribution in [3.05, 3.63) is 54.1 Å². The number of nitrogens with two attached hydrogens (primary N) is 1. The maximum atomic E-state index is 11.8. The molecule has 5 aromatic rings. The van der Waals surface area contributed by atoms with E-state index in [4.69, 9.17) is 15.1 Å². The largest absolute Gasteiger partial charge is 0.327 e. The third-order valence-electron chi connectivity index (χ3n) is 5.45. The zero-order valence-corrected chi connectivity index (χ0v) is 19.9. The van der Waals surface area contributed by atoms with Crippen LogP contribution in [-0.2, 0) is 22.3 Å². The Kier molecular flexibility index (Phi) is 5.55. The molecule has 5 rings (SSSR count). The molecule has 0 unspecified atom stereocenters. The number of aromatic nitrogens is 6. The third-order valence-corrected chi connectivity index (χ3v) is 7.28. The highest BCUT2D eigenvalue weighted by Gasteiger charge is 2.17. The standard InChI is InChI=1S/C22H23N7O2S2/c1-3-4-11-28-19-10-9-15(33(23,30)31)12-18(19)25-20(28)13-32-22-26-17-8-6-5-7-16(17)21-24-14(2)27-29(21)22/h5-10,12H,3-4,11,13H2,1-2H3,(H2,23,30,31). The van der Waals surface area contributed by atoms with E-state index in [-0.39, 0.29) is 4.90 Å². The van der Waals surface area contributed by atoms with Crippen molar-refractivity contribution in [2.24, 2.45) is 5.14 Å². The lowest BCUT2D eigenvalue weighted by atomic mass is 10.2. The van der Waals surface area contributed by atoms with Crippen LogP contribution >= 0.6 is 11.8 Å². The van der Waals surface area contributed by atoms with E-state index in [2.05, 4.69) is 21.6 Å². The van der Waals surface area contributed by atoms with Gasteiger partial charge in [-0.1, -0.05) is 37.2 Å². The number of imidazole rings is 1. The van der Waals surface area contributed by atoms with Gasteiger partial charge in [0, 0.05) is 11.9 Å². The van der Waals surface area contributed by atoms with Crippen molar-refractivity contribution in [2.45, 2.75) is 49.0 Å². The van der Waals surface area contributed by atoms with Gasteiger partial charge in [0.15, 0.2) is 10.8 Å². The second-order valence-corrected chi connectivity index (χ2v) is 10.3. The minimum atomic E-state index is -3.80. The van der Waals surface area contributed by atoms with Crippen molar-refractivity contribution < 1.29 is 8.42 Å². The Labute approximate surface area is 195 Å². The predicted molar refractivity (Wildman–Crippen MR) is 129 cm³/mol. The molecule has 0 radical (unpaired) electrons. The lowest BCUT2D eigenvalue weighted by molar-refractivity contribution is 0.598. The predicted octanol–water partition coefficient (Wildman–Crippen LogP) is 3.68. The molecule has 0 aliphatic carbocycles. The van der Waals surface area contributed by atoms with E-state index >= 15 is 0 Å². The fourth-order valence-electron chi connectivity index (χ4n) is 3.87. The normalized spacial score (nSPS) is 12.3. The molecule has 0 saturated heterocycles. The number of thioether (sulfide) groups is 1. The molecule has 0 aliphatic heterocycles. The van der Waals surface area contributed by atoms with Crippen LogP contribution in [0.2, 0.25) is 0 Å². The summed E-state index contributed by atoms with van der Waals surface area (Å²) in [6, 6.07) is 12.7. The number of hydrogen-bond donors (Lipinski definition) is 1. The second kappa shape index (κ2) is 8.40. The lowest BCUT2D eigenvalue weighted by Gasteiger charge is -2.09. The molecule has 0 saturated carbocycles. The van der Waals surface area contributed by atoms with Crippen LogP contribution in [0, 0.1) is 6.92 Å². The van der Waals surface area contributed by atoms with Gasteiger partial charge in [-0.15, -0.1) is 5.10 Å². The molecular formula is C22H23N7O2S2. The Hall–Kier alpha value is -3.02. The van der Waals surface area contributed by atoms with Gasteiger partial charge in [0.05, 0.1) is 27.2 Å². The Morgan fingerprint density at radius 2 is 1.88 bits per heavy atom. The van der Waals surface area contributed by atoms with E-state index in [9.17, 15) is 8.42 Å². The number of benzene rings is 2. The number of primary sulfonamides is 1. The zero-order valence-electron chi connectivity index (χ0n) is 18.3. The molecule has 0 spiro atoms. The molecule has 33 heavy (non-hydrogen) atoms. The second-order valence-electron chi connectivity index (χ2n) is 7.82.